The van der Waals surface area contributed by atoms with Gasteiger partial charge in [0, 0.05) is 21.0 Å². The summed E-state index contributed by atoms with van der Waals surface area (Å²) in [6.07, 6.45) is 1.82. The van der Waals surface area contributed by atoms with Crippen molar-refractivity contribution in [3.63, 3.8) is 0 Å². The smallest absolute Gasteiger partial charge is 0.312 e. The number of nitrogens with zero attached hydrogens (tertiary/aromatic N) is 1. The van der Waals surface area contributed by atoms with Crippen molar-refractivity contribution < 1.29 is 18.7 Å². The molecule has 2 heterocycles. The van der Waals surface area contributed by atoms with Crippen LogP contribution in [0.15, 0.2) is 45.9 Å². The molecule has 5 rings (SSSR count). The summed E-state index contributed by atoms with van der Waals surface area (Å²) in [5.74, 6) is -0.00222. The number of fused-ring (bicyclic) bond motifs is 5. The highest BCUT2D eigenvalue weighted by atomic mass is 79.9. The second-order valence-electron chi connectivity index (χ2n) is 9.40. The SMILES string of the molecule is CC(C)(C)OC(=O)CC1=NC2(c3cc(Br)ccc3OCC23CC3)c2cccc(F)c21. The van der Waals surface area contributed by atoms with Crippen LogP contribution in [-0.4, -0.2) is 23.9 Å². The molecule has 0 radical (unpaired) electrons. The fourth-order valence-electron chi connectivity index (χ4n) is 4.86. The van der Waals surface area contributed by atoms with Crippen molar-refractivity contribution in [2.75, 3.05) is 6.61 Å². The van der Waals surface area contributed by atoms with Gasteiger partial charge in [-0.3, -0.25) is 9.79 Å². The molecule has 2 aromatic rings. The van der Waals surface area contributed by atoms with Crippen LogP contribution in [0.3, 0.4) is 0 Å². The highest BCUT2D eigenvalue weighted by Crippen LogP contribution is 2.68. The molecule has 2 aromatic carbocycles. The molecule has 6 heteroatoms. The van der Waals surface area contributed by atoms with Gasteiger partial charge in [0.15, 0.2) is 0 Å². The van der Waals surface area contributed by atoms with Gasteiger partial charge in [0.2, 0.25) is 0 Å². The first-order chi connectivity index (χ1) is 14.2. The number of hydrogen-bond donors (Lipinski definition) is 0. The number of halogens is 2. The Hall–Kier alpha value is -2.21. The predicted octanol–water partition coefficient (Wildman–Crippen LogP) is 5.54. The molecule has 1 atom stereocenters. The van der Waals surface area contributed by atoms with Gasteiger partial charge in [-0.05, 0) is 63.4 Å². The molecule has 1 unspecified atom stereocenters. The maximum Gasteiger partial charge on any atom is 0.312 e. The maximum absolute atomic E-state index is 15.1. The molecule has 30 heavy (non-hydrogen) atoms. The fourth-order valence-corrected chi connectivity index (χ4v) is 5.22. The zero-order valence-electron chi connectivity index (χ0n) is 17.2. The molecule has 2 spiro atoms. The number of rotatable bonds is 2. The quantitative estimate of drug-likeness (QED) is 0.540. The van der Waals surface area contributed by atoms with E-state index in [-0.39, 0.29) is 17.7 Å². The number of benzene rings is 2. The van der Waals surface area contributed by atoms with Gasteiger partial charge in [-0.1, -0.05) is 28.1 Å². The lowest BCUT2D eigenvalue weighted by molar-refractivity contribution is -0.153. The molecule has 0 aromatic heterocycles. The first-order valence-corrected chi connectivity index (χ1v) is 11.0. The monoisotopic (exact) mass is 471 g/mol. The van der Waals surface area contributed by atoms with E-state index in [4.69, 9.17) is 14.5 Å². The highest BCUT2D eigenvalue weighted by molar-refractivity contribution is 9.10. The van der Waals surface area contributed by atoms with E-state index >= 15 is 4.39 Å². The molecule has 3 aliphatic rings. The van der Waals surface area contributed by atoms with E-state index < -0.39 is 17.1 Å². The van der Waals surface area contributed by atoms with Gasteiger partial charge in [0.05, 0.1) is 18.7 Å². The summed E-state index contributed by atoms with van der Waals surface area (Å²) in [7, 11) is 0. The Balaban J connectivity index is 1.71. The molecule has 2 aliphatic heterocycles. The molecular weight excluding hydrogens is 449 g/mol. The van der Waals surface area contributed by atoms with Gasteiger partial charge in [0.25, 0.3) is 0 Å². The van der Waals surface area contributed by atoms with Crippen LogP contribution in [-0.2, 0) is 15.1 Å². The molecule has 0 N–H and O–H groups in total. The molecule has 0 saturated heterocycles. The Kier molecular flexibility index (Phi) is 4.21. The average molecular weight is 472 g/mol. The predicted molar refractivity (Wildman–Crippen MR) is 115 cm³/mol. The summed E-state index contributed by atoms with van der Waals surface area (Å²) in [6, 6.07) is 11.0. The number of carbonyl (C=O) groups is 1. The maximum atomic E-state index is 15.1. The standard InChI is InChI=1S/C24H23BrFNO3/c1-22(2,3)30-20(28)12-18-21-15(5-4-6-17(21)26)24(27-18)16-11-14(25)7-8-19(16)29-13-23(24)9-10-23/h4-8,11H,9-10,12-13H2,1-3H3. The van der Waals surface area contributed by atoms with Crippen LogP contribution in [0.1, 0.15) is 56.7 Å². The molecular formula is C24H23BrFNO3. The average Bonchev–Trinajstić information content (AvgIpc) is 3.36. The van der Waals surface area contributed by atoms with Crippen molar-refractivity contribution in [1.29, 1.82) is 0 Å². The summed E-state index contributed by atoms with van der Waals surface area (Å²) in [5.41, 5.74) is 1.05. The molecule has 1 saturated carbocycles. The van der Waals surface area contributed by atoms with Gasteiger partial charge in [-0.15, -0.1) is 0 Å². The van der Waals surface area contributed by atoms with E-state index in [0.717, 1.165) is 34.2 Å². The first kappa shape index (κ1) is 19.7. The minimum Gasteiger partial charge on any atom is -0.492 e. The second kappa shape index (κ2) is 6.39. The van der Waals surface area contributed by atoms with Crippen molar-refractivity contribution in [3.05, 3.63) is 63.4 Å². The summed E-state index contributed by atoms with van der Waals surface area (Å²) in [5, 5.41) is 0. The molecule has 1 aliphatic carbocycles. The Morgan fingerprint density at radius 1 is 1.23 bits per heavy atom. The van der Waals surface area contributed by atoms with Crippen LogP contribution in [0.2, 0.25) is 0 Å². The third-order valence-corrected chi connectivity index (χ3v) is 6.68. The summed E-state index contributed by atoms with van der Waals surface area (Å²) >= 11 is 3.57. The Labute approximate surface area is 183 Å². The molecule has 1 fully saturated rings. The normalized spacial score (nSPS) is 22.9. The molecule has 0 amide bonds. The fraction of sp³-hybridized carbons (Fsp3) is 0.417. The lowest BCUT2D eigenvalue weighted by atomic mass is 9.69. The topological polar surface area (TPSA) is 47.9 Å². The van der Waals surface area contributed by atoms with E-state index in [0.29, 0.717) is 17.9 Å². The summed E-state index contributed by atoms with van der Waals surface area (Å²) < 4.78 is 27.6. The van der Waals surface area contributed by atoms with E-state index in [1.54, 1.807) is 6.07 Å². The molecule has 0 bridgehead atoms. The first-order valence-electron chi connectivity index (χ1n) is 10.2. The molecule has 156 valence electrons. The number of esters is 1. The van der Waals surface area contributed by atoms with Crippen LogP contribution < -0.4 is 4.74 Å². The summed E-state index contributed by atoms with van der Waals surface area (Å²) in [4.78, 5) is 17.8. The summed E-state index contributed by atoms with van der Waals surface area (Å²) in [6.45, 7) is 6.00. The lowest BCUT2D eigenvalue weighted by Gasteiger charge is -2.42. The zero-order chi connectivity index (χ0) is 21.3. The minimum absolute atomic E-state index is 0.0623. The van der Waals surface area contributed by atoms with Crippen molar-refractivity contribution in [2.45, 2.75) is 51.2 Å². The van der Waals surface area contributed by atoms with Crippen LogP contribution in [0.5, 0.6) is 5.75 Å². The van der Waals surface area contributed by atoms with Crippen molar-refractivity contribution in [1.82, 2.24) is 0 Å². The van der Waals surface area contributed by atoms with E-state index in [9.17, 15) is 4.79 Å². The van der Waals surface area contributed by atoms with Gasteiger partial charge in [-0.25, -0.2) is 4.39 Å². The van der Waals surface area contributed by atoms with Gasteiger partial charge < -0.3 is 9.47 Å². The van der Waals surface area contributed by atoms with Crippen molar-refractivity contribution in [3.8, 4) is 5.75 Å². The van der Waals surface area contributed by atoms with Gasteiger partial charge in [-0.2, -0.15) is 0 Å². The largest absolute Gasteiger partial charge is 0.492 e. The number of aliphatic imine (C=N–C) groups is 1. The number of ether oxygens (including phenoxy) is 2. The van der Waals surface area contributed by atoms with Crippen LogP contribution in [0.25, 0.3) is 0 Å². The number of carbonyl (C=O) groups excluding carboxylic acids is 1. The van der Waals surface area contributed by atoms with Crippen molar-refractivity contribution >= 4 is 27.6 Å². The van der Waals surface area contributed by atoms with Gasteiger partial charge >= 0.3 is 5.97 Å². The van der Waals surface area contributed by atoms with Crippen molar-refractivity contribution in [2.24, 2.45) is 10.4 Å². The third-order valence-electron chi connectivity index (χ3n) is 6.18. The van der Waals surface area contributed by atoms with Gasteiger partial charge in [0.1, 0.15) is 22.7 Å². The Bertz CT molecular complexity index is 1100. The minimum atomic E-state index is -0.751. The molecule has 4 nitrogen and oxygen atoms in total. The zero-order valence-corrected chi connectivity index (χ0v) is 18.8. The highest BCUT2D eigenvalue weighted by Gasteiger charge is 2.67. The van der Waals surface area contributed by atoms with Crippen LogP contribution in [0, 0.1) is 11.2 Å². The second-order valence-corrected chi connectivity index (χ2v) is 10.3. The van der Waals surface area contributed by atoms with Crippen LogP contribution in [0.4, 0.5) is 4.39 Å². The van der Waals surface area contributed by atoms with E-state index in [1.165, 1.54) is 6.07 Å². The van der Waals surface area contributed by atoms with E-state index in [1.807, 2.05) is 45.0 Å². The Morgan fingerprint density at radius 2 is 2.00 bits per heavy atom. The third kappa shape index (κ3) is 2.83. The Morgan fingerprint density at radius 3 is 2.70 bits per heavy atom. The number of hydrogen-bond acceptors (Lipinski definition) is 4. The van der Waals surface area contributed by atoms with E-state index in [2.05, 4.69) is 15.9 Å². The lowest BCUT2D eigenvalue weighted by Crippen LogP contribution is -2.42. The van der Waals surface area contributed by atoms with Crippen LogP contribution >= 0.6 is 15.9 Å².